The molecule has 0 saturated heterocycles. The van der Waals surface area contributed by atoms with Crippen molar-refractivity contribution in [3.8, 4) is 0 Å². The summed E-state index contributed by atoms with van der Waals surface area (Å²) in [5.74, 6) is -0.377. The lowest BCUT2D eigenvalue weighted by Gasteiger charge is -2.30. The summed E-state index contributed by atoms with van der Waals surface area (Å²) in [6.45, 7) is 8.16. The predicted octanol–water partition coefficient (Wildman–Crippen LogP) is 3.73. The Bertz CT molecular complexity index is 1060. The molecular weight excluding hydrogens is 450 g/mol. The quantitative estimate of drug-likeness (QED) is 0.494. The molecule has 0 unspecified atom stereocenters. The van der Waals surface area contributed by atoms with Crippen molar-refractivity contribution in [2.24, 2.45) is 0 Å². The number of aryl methyl sites for hydroxylation is 1. The first kappa shape index (κ1) is 27.5. The highest BCUT2D eigenvalue weighted by atomic mass is 32.2. The van der Waals surface area contributed by atoms with Crippen LogP contribution in [0.5, 0.6) is 0 Å². The maximum absolute atomic E-state index is 13.2. The van der Waals surface area contributed by atoms with E-state index in [9.17, 15) is 18.0 Å². The van der Waals surface area contributed by atoms with E-state index in [2.05, 4.69) is 5.32 Å². The number of hydrogen-bond donors (Lipinski definition) is 1. The van der Waals surface area contributed by atoms with Gasteiger partial charge in [0.15, 0.2) is 0 Å². The molecule has 0 saturated carbocycles. The molecule has 1 N–H and O–H groups in total. The van der Waals surface area contributed by atoms with Gasteiger partial charge in [0.2, 0.25) is 21.8 Å². The molecule has 0 fully saturated rings. The number of nitrogens with one attached hydrogen (secondary N) is 1. The smallest absolute Gasteiger partial charge is 0.242 e. The Morgan fingerprint density at radius 3 is 2.32 bits per heavy atom. The van der Waals surface area contributed by atoms with Gasteiger partial charge in [-0.3, -0.25) is 9.59 Å². The molecule has 0 aliphatic heterocycles. The molecule has 7 nitrogen and oxygen atoms in total. The minimum Gasteiger partial charge on any atom is -0.352 e. The third-order valence-electron chi connectivity index (χ3n) is 5.92. The maximum Gasteiger partial charge on any atom is 0.242 e. The van der Waals surface area contributed by atoms with E-state index in [1.807, 2.05) is 45.0 Å². The summed E-state index contributed by atoms with van der Waals surface area (Å²) >= 11 is 0. The van der Waals surface area contributed by atoms with Gasteiger partial charge >= 0.3 is 0 Å². The van der Waals surface area contributed by atoms with Crippen LogP contribution in [0.25, 0.3) is 0 Å². The lowest BCUT2D eigenvalue weighted by molar-refractivity contribution is -0.141. The number of hydrogen-bond acceptors (Lipinski definition) is 4. The summed E-state index contributed by atoms with van der Waals surface area (Å²) in [5, 5.41) is 2.95. The zero-order chi connectivity index (χ0) is 25.3. The minimum absolute atomic E-state index is 0.0164. The second-order valence-corrected chi connectivity index (χ2v) is 10.8. The van der Waals surface area contributed by atoms with Crippen LogP contribution in [0.15, 0.2) is 59.5 Å². The molecule has 2 aromatic carbocycles. The Morgan fingerprint density at radius 1 is 1.03 bits per heavy atom. The summed E-state index contributed by atoms with van der Waals surface area (Å²) in [4.78, 5) is 27.8. The average molecular weight is 488 g/mol. The Hall–Kier alpha value is -2.71. The third-order valence-corrected chi connectivity index (χ3v) is 7.79. The van der Waals surface area contributed by atoms with Gasteiger partial charge in [-0.2, -0.15) is 0 Å². The van der Waals surface area contributed by atoms with Gasteiger partial charge in [-0.25, -0.2) is 12.7 Å². The first-order valence-electron chi connectivity index (χ1n) is 11.7. The lowest BCUT2D eigenvalue weighted by Crippen LogP contribution is -2.49. The van der Waals surface area contributed by atoms with Gasteiger partial charge in [0.05, 0.1) is 4.90 Å². The Kier molecular flexibility index (Phi) is 10.3. The van der Waals surface area contributed by atoms with Crippen molar-refractivity contribution >= 4 is 21.8 Å². The fourth-order valence-corrected chi connectivity index (χ4v) is 4.77. The average Bonchev–Trinajstić information content (AvgIpc) is 2.82. The molecule has 0 heterocycles. The van der Waals surface area contributed by atoms with Crippen molar-refractivity contribution < 1.29 is 18.0 Å². The first-order valence-corrected chi connectivity index (χ1v) is 13.2. The molecule has 2 atom stereocenters. The zero-order valence-corrected chi connectivity index (χ0v) is 21.6. The molecule has 2 amide bonds. The molecule has 0 aromatic heterocycles. The van der Waals surface area contributed by atoms with Crippen LogP contribution in [0, 0.1) is 6.92 Å². The van der Waals surface area contributed by atoms with Gasteiger partial charge in [0.1, 0.15) is 6.04 Å². The van der Waals surface area contributed by atoms with Crippen LogP contribution >= 0.6 is 0 Å². The largest absolute Gasteiger partial charge is 0.352 e. The SMILES string of the molecule is CC[C@@H](C)NC(=O)[C@H](C)N(Cc1cccc(C)c1)C(=O)CCCN(C)S(=O)(=O)c1ccccc1. The van der Waals surface area contributed by atoms with E-state index in [-0.39, 0.29) is 35.7 Å². The topological polar surface area (TPSA) is 86.8 Å². The molecule has 0 aliphatic carbocycles. The van der Waals surface area contributed by atoms with Crippen LogP contribution in [-0.4, -0.2) is 55.1 Å². The maximum atomic E-state index is 13.2. The summed E-state index contributed by atoms with van der Waals surface area (Å²) in [6, 6.07) is 15.5. The van der Waals surface area contributed by atoms with Crippen LogP contribution < -0.4 is 5.32 Å². The van der Waals surface area contributed by atoms with Crippen molar-refractivity contribution in [1.29, 1.82) is 0 Å². The molecule has 0 aliphatic rings. The Labute approximate surface area is 204 Å². The van der Waals surface area contributed by atoms with E-state index in [0.29, 0.717) is 13.0 Å². The highest BCUT2D eigenvalue weighted by Gasteiger charge is 2.27. The standard InChI is InChI=1S/C26H37N3O4S/c1-6-21(3)27-26(31)22(4)29(19-23-13-10-12-20(2)18-23)25(30)16-11-17-28(5)34(32,33)24-14-8-7-9-15-24/h7-10,12-15,18,21-22H,6,11,16-17,19H2,1-5H3,(H,27,31)/t21-,22+/m1/s1. The van der Waals surface area contributed by atoms with Gasteiger partial charge in [-0.1, -0.05) is 55.0 Å². The van der Waals surface area contributed by atoms with E-state index >= 15 is 0 Å². The lowest BCUT2D eigenvalue weighted by atomic mass is 10.1. The molecule has 0 bridgehead atoms. The first-order chi connectivity index (χ1) is 16.1. The number of amides is 2. The van der Waals surface area contributed by atoms with Crippen molar-refractivity contribution in [3.63, 3.8) is 0 Å². The summed E-state index contributed by atoms with van der Waals surface area (Å²) < 4.78 is 26.7. The highest BCUT2D eigenvalue weighted by molar-refractivity contribution is 7.89. The van der Waals surface area contributed by atoms with Gasteiger partial charge < -0.3 is 10.2 Å². The van der Waals surface area contributed by atoms with E-state index in [1.165, 1.54) is 11.4 Å². The number of carbonyl (C=O) groups excluding carboxylic acids is 2. The van der Waals surface area contributed by atoms with Crippen LogP contribution in [0.1, 0.15) is 51.2 Å². The monoisotopic (exact) mass is 487 g/mol. The zero-order valence-electron chi connectivity index (χ0n) is 20.8. The van der Waals surface area contributed by atoms with Crippen LogP contribution in [0.4, 0.5) is 0 Å². The second-order valence-electron chi connectivity index (χ2n) is 8.75. The van der Waals surface area contributed by atoms with Gasteiger partial charge in [0.25, 0.3) is 0 Å². The number of nitrogens with zero attached hydrogens (tertiary/aromatic N) is 2. The van der Waals surface area contributed by atoms with Gasteiger partial charge in [-0.15, -0.1) is 0 Å². The van der Waals surface area contributed by atoms with E-state index in [0.717, 1.165) is 17.5 Å². The van der Waals surface area contributed by atoms with Crippen LogP contribution in [-0.2, 0) is 26.2 Å². The van der Waals surface area contributed by atoms with Crippen LogP contribution in [0.2, 0.25) is 0 Å². The summed E-state index contributed by atoms with van der Waals surface area (Å²) in [7, 11) is -2.10. The molecule has 2 rings (SSSR count). The molecule has 186 valence electrons. The number of sulfonamides is 1. The molecule has 8 heteroatoms. The van der Waals surface area contributed by atoms with E-state index < -0.39 is 16.1 Å². The van der Waals surface area contributed by atoms with Crippen molar-refractivity contribution in [2.45, 2.75) is 70.5 Å². The molecule has 0 radical (unpaired) electrons. The molecule has 2 aromatic rings. The number of carbonyl (C=O) groups is 2. The van der Waals surface area contributed by atoms with Crippen LogP contribution in [0.3, 0.4) is 0 Å². The van der Waals surface area contributed by atoms with Crippen molar-refractivity contribution in [3.05, 3.63) is 65.7 Å². The van der Waals surface area contributed by atoms with E-state index in [1.54, 1.807) is 42.2 Å². The van der Waals surface area contributed by atoms with Crippen molar-refractivity contribution in [1.82, 2.24) is 14.5 Å². The Morgan fingerprint density at radius 2 is 1.71 bits per heavy atom. The summed E-state index contributed by atoms with van der Waals surface area (Å²) in [5.41, 5.74) is 2.02. The minimum atomic E-state index is -3.61. The predicted molar refractivity (Wildman–Crippen MR) is 135 cm³/mol. The summed E-state index contributed by atoms with van der Waals surface area (Å²) in [6.07, 6.45) is 1.29. The molecule has 0 spiro atoms. The number of benzene rings is 2. The van der Waals surface area contributed by atoms with E-state index in [4.69, 9.17) is 0 Å². The van der Waals surface area contributed by atoms with Gasteiger partial charge in [0, 0.05) is 32.6 Å². The third kappa shape index (κ3) is 7.67. The normalized spacial score (nSPS) is 13.4. The van der Waals surface area contributed by atoms with Gasteiger partial charge in [-0.05, 0) is 51.3 Å². The fraction of sp³-hybridized carbons (Fsp3) is 0.462. The number of rotatable bonds is 12. The second kappa shape index (κ2) is 12.7. The highest BCUT2D eigenvalue weighted by Crippen LogP contribution is 2.16. The molecule has 34 heavy (non-hydrogen) atoms. The fourth-order valence-electron chi connectivity index (χ4n) is 3.54. The Balaban J connectivity index is 2.09. The van der Waals surface area contributed by atoms with Crippen molar-refractivity contribution in [2.75, 3.05) is 13.6 Å². The molecular formula is C26H37N3O4S.